The van der Waals surface area contributed by atoms with Crippen LogP contribution in [-0.2, 0) is 9.53 Å². The van der Waals surface area contributed by atoms with E-state index in [0.717, 1.165) is 0 Å². The summed E-state index contributed by atoms with van der Waals surface area (Å²) in [6, 6.07) is 10.1. The smallest absolute Gasteiger partial charge is 0.307 e. The Bertz CT molecular complexity index is 746. The normalized spacial score (nSPS) is 11.7. The molecule has 2 rings (SSSR count). The van der Waals surface area contributed by atoms with Gasteiger partial charge in [-0.3, -0.25) is 9.59 Å². The van der Waals surface area contributed by atoms with Crippen molar-refractivity contribution < 1.29 is 18.7 Å². The summed E-state index contributed by atoms with van der Waals surface area (Å²) in [6.45, 7) is 1.71. The summed E-state index contributed by atoms with van der Waals surface area (Å²) in [5.74, 6) is -1.43. The van der Waals surface area contributed by atoms with Gasteiger partial charge < -0.3 is 10.1 Å². The summed E-state index contributed by atoms with van der Waals surface area (Å²) in [5.41, 5.74) is 1.56. The van der Waals surface area contributed by atoms with Gasteiger partial charge in [0.2, 0.25) is 0 Å². The first-order valence-corrected chi connectivity index (χ1v) is 7.68. The molecule has 0 aliphatic heterocycles. The molecule has 0 aliphatic carbocycles. The summed E-state index contributed by atoms with van der Waals surface area (Å²) in [6.07, 6.45) is -0.0434. The van der Waals surface area contributed by atoms with Crippen LogP contribution in [0.3, 0.4) is 0 Å². The summed E-state index contributed by atoms with van der Waals surface area (Å²) in [4.78, 5) is 24.1. The maximum absolute atomic E-state index is 13.4. The largest absolute Gasteiger partial charge is 0.469 e. The lowest BCUT2D eigenvalue weighted by Crippen LogP contribution is -2.31. The van der Waals surface area contributed by atoms with Gasteiger partial charge in [-0.2, -0.15) is 0 Å². The van der Waals surface area contributed by atoms with Crippen LogP contribution in [0, 0.1) is 12.7 Å². The molecule has 0 fully saturated rings. The van der Waals surface area contributed by atoms with Crippen LogP contribution in [0.25, 0.3) is 0 Å². The minimum atomic E-state index is -0.607. The fraction of sp³-hybridized carbons (Fsp3) is 0.222. The zero-order valence-electron chi connectivity index (χ0n) is 13.3. The third-order valence-corrected chi connectivity index (χ3v) is 3.87. The molecule has 0 bridgehead atoms. The maximum Gasteiger partial charge on any atom is 0.307 e. The van der Waals surface area contributed by atoms with Crippen molar-refractivity contribution in [2.24, 2.45) is 0 Å². The van der Waals surface area contributed by atoms with E-state index in [1.54, 1.807) is 31.2 Å². The zero-order valence-corrected chi connectivity index (χ0v) is 14.1. The van der Waals surface area contributed by atoms with E-state index in [9.17, 15) is 14.0 Å². The second-order valence-corrected chi connectivity index (χ2v) is 5.75. The fourth-order valence-electron chi connectivity index (χ4n) is 2.27. The number of carbonyl (C=O) groups is 2. The Morgan fingerprint density at radius 2 is 1.88 bits per heavy atom. The summed E-state index contributed by atoms with van der Waals surface area (Å²) < 4.78 is 18.1. The Morgan fingerprint density at radius 3 is 2.50 bits per heavy atom. The Morgan fingerprint density at radius 1 is 1.21 bits per heavy atom. The van der Waals surface area contributed by atoms with Crippen LogP contribution in [-0.4, -0.2) is 19.0 Å². The van der Waals surface area contributed by atoms with E-state index in [-0.39, 0.29) is 12.0 Å². The van der Waals surface area contributed by atoms with Gasteiger partial charge in [0.1, 0.15) is 5.82 Å². The van der Waals surface area contributed by atoms with E-state index in [1.165, 1.54) is 25.3 Å². The molecule has 1 atom stereocenters. The van der Waals surface area contributed by atoms with Crippen molar-refractivity contribution in [1.29, 1.82) is 0 Å². The first kappa shape index (κ1) is 17.9. The van der Waals surface area contributed by atoms with Crippen LogP contribution in [0.4, 0.5) is 4.39 Å². The number of amides is 1. The van der Waals surface area contributed by atoms with Gasteiger partial charge in [-0.25, -0.2) is 4.39 Å². The number of aryl methyl sites for hydroxylation is 1. The monoisotopic (exact) mass is 349 g/mol. The zero-order chi connectivity index (χ0) is 17.7. The first-order valence-electron chi connectivity index (χ1n) is 7.30. The molecule has 1 unspecified atom stereocenters. The molecular weight excluding hydrogens is 333 g/mol. The van der Waals surface area contributed by atoms with E-state index in [4.69, 9.17) is 11.6 Å². The summed E-state index contributed by atoms with van der Waals surface area (Å²) >= 11 is 5.87. The third-order valence-electron chi connectivity index (χ3n) is 3.62. The van der Waals surface area contributed by atoms with Crippen molar-refractivity contribution >= 4 is 23.5 Å². The lowest BCUT2D eigenvalue weighted by molar-refractivity contribution is -0.141. The number of halogens is 2. The van der Waals surface area contributed by atoms with Crippen LogP contribution in [0.2, 0.25) is 5.02 Å². The Balaban J connectivity index is 2.27. The van der Waals surface area contributed by atoms with Crippen molar-refractivity contribution in [3.05, 3.63) is 70.0 Å². The number of rotatable bonds is 5. The van der Waals surface area contributed by atoms with Crippen molar-refractivity contribution in [3.8, 4) is 0 Å². The highest BCUT2D eigenvalue weighted by Crippen LogP contribution is 2.21. The molecule has 0 aliphatic rings. The van der Waals surface area contributed by atoms with E-state index >= 15 is 0 Å². The third kappa shape index (κ3) is 4.55. The summed E-state index contributed by atoms with van der Waals surface area (Å²) in [7, 11) is 1.28. The molecule has 0 spiro atoms. The second-order valence-electron chi connectivity index (χ2n) is 5.32. The molecule has 24 heavy (non-hydrogen) atoms. The minimum absolute atomic E-state index is 0.0434. The topological polar surface area (TPSA) is 55.4 Å². The predicted molar refractivity (Wildman–Crippen MR) is 89.4 cm³/mol. The number of nitrogens with one attached hydrogen (secondary N) is 1. The lowest BCUT2D eigenvalue weighted by atomic mass is 10.0. The number of benzene rings is 2. The van der Waals surface area contributed by atoms with Gasteiger partial charge in [0.25, 0.3) is 5.91 Å². The highest BCUT2D eigenvalue weighted by molar-refractivity contribution is 6.30. The molecule has 2 aromatic rings. The second kappa shape index (κ2) is 7.93. The number of carbonyl (C=O) groups excluding carboxylic acids is 2. The van der Waals surface area contributed by atoms with Gasteiger partial charge in [0.15, 0.2) is 0 Å². The van der Waals surface area contributed by atoms with Crippen LogP contribution in [0.15, 0.2) is 42.5 Å². The van der Waals surface area contributed by atoms with Crippen LogP contribution >= 0.6 is 11.6 Å². The number of hydrogen-bond donors (Lipinski definition) is 1. The lowest BCUT2D eigenvalue weighted by Gasteiger charge is -2.19. The Kier molecular flexibility index (Phi) is 5.93. The van der Waals surface area contributed by atoms with Gasteiger partial charge >= 0.3 is 5.97 Å². The van der Waals surface area contributed by atoms with Gasteiger partial charge in [0, 0.05) is 10.6 Å². The van der Waals surface area contributed by atoms with Gasteiger partial charge in [-0.05, 0) is 42.3 Å². The van der Waals surface area contributed by atoms with Gasteiger partial charge in [0.05, 0.1) is 19.6 Å². The quantitative estimate of drug-likeness (QED) is 0.835. The molecular formula is C18H17ClFNO3. The van der Waals surface area contributed by atoms with Crippen LogP contribution in [0.5, 0.6) is 0 Å². The molecule has 1 N–H and O–H groups in total. The molecule has 0 heterocycles. The number of hydrogen-bond acceptors (Lipinski definition) is 3. The molecule has 0 saturated heterocycles. The van der Waals surface area contributed by atoms with Crippen molar-refractivity contribution in [2.45, 2.75) is 19.4 Å². The van der Waals surface area contributed by atoms with E-state index in [2.05, 4.69) is 10.1 Å². The average molecular weight is 350 g/mol. The first-order chi connectivity index (χ1) is 11.4. The number of ether oxygens (including phenoxy) is 1. The predicted octanol–water partition coefficient (Wildman–Crippen LogP) is 3.82. The average Bonchev–Trinajstić information content (AvgIpc) is 2.56. The van der Waals surface area contributed by atoms with E-state index in [1.807, 2.05) is 0 Å². The highest BCUT2D eigenvalue weighted by Gasteiger charge is 2.21. The molecule has 2 aromatic carbocycles. The maximum atomic E-state index is 13.4. The van der Waals surface area contributed by atoms with E-state index in [0.29, 0.717) is 16.1 Å². The molecule has 0 radical (unpaired) electrons. The molecule has 6 heteroatoms. The standard InChI is InChI=1S/C18H17ClFNO3/c1-11-3-8-14(20)9-15(11)18(23)21-16(10-17(22)24-2)12-4-6-13(19)7-5-12/h3-9,16H,10H2,1-2H3,(H,21,23). The Hall–Kier alpha value is -2.40. The molecule has 0 saturated carbocycles. The van der Waals surface area contributed by atoms with Crippen molar-refractivity contribution in [1.82, 2.24) is 5.32 Å². The van der Waals surface area contributed by atoms with Crippen molar-refractivity contribution in [3.63, 3.8) is 0 Å². The molecule has 0 aromatic heterocycles. The van der Waals surface area contributed by atoms with Crippen molar-refractivity contribution in [2.75, 3.05) is 7.11 Å². The fourth-order valence-corrected chi connectivity index (χ4v) is 2.40. The number of esters is 1. The molecule has 1 amide bonds. The molecule has 126 valence electrons. The number of methoxy groups -OCH3 is 1. The SMILES string of the molecule is COC(=O)CC(NC(=O)c1cc(F)ccc1C)c1ccc(Cl)cc1. The van der Waals surface area contributed by atoms with Crippen LogP contribution in [0.1, 0.15) is 33.9 Å². The van der Waals surface area contributed by atoms with Gasteiger partial charge in [-0.15, -0.1) is 0 Å². The molecule has 4 nitrogen and oxygen atoms in total. The summed E-state index contributed by atoms with van der Waals surface area (Å²) in [5, 5.41) is 3.30. The van der Waals surface area contributed by atoms with Gasteiger partial charge in [-0.1, -0.05) is 29.8 Å². The van der Waals surface area contributed by atoms with Crippen LogP contribution < -0.4 is 5.32 Å². The minimum Gasteiger partial charge on any atom is -0.469 e. The van der Waals surface area contributed by atoms with E-state index < -0.39 is 23.7 Å². The Labute approximate surface area is 144 Å². The highest BCUT2D eigenvalue weighted by atomic mass is 35.5.